The fourth-order valence-corrected chi connectivity index (χ4v) is 9.91. The van der Waals surface area contributed by atoms with Crippen molar-refractivity contribution < 1.29 is 28.5 Å². The van der Waals surface area contributed by atoms with Gasteiger partial charge in [0.25, 0.3) is 0 Å². The molecular formula is C64H106O6. The second-order valence-corrected chi connectivity index (χ2v) is 20.8. The smallest absolute Gasteiger partial charge is 0.305 e. The Balaban J connectivity index is 1.13. The topological polar surface area (TPSA) is 71.1 Å². The second-order valence-electron chi connectivity index (χ2n) is 20.8. The van der Waals surface area contributed by atoms with E-state index in [-0.39, 0.29) is 11.9 Å². The van der Waals surface area contributed by atoms with Gasteiger partial charge in [-0.25, -0.2) is 0 Å². The van der Waals surface area contributed by atoms with Crippen molar-refractivity contribution in [1.29, 1.82) is 0 Å². The summed E-state index contributed by atoms with van der Waals surface area (Å²) >= 11 is 0. The molecule has 0 N–H and O–H groups in total. The van der Waals surface area contributed by atoms with Gasteiger partial charge in [0.15, 0.2) is 0 Å². The number of fused-ring (bicyclic) bond motifs is 2. The van der Waals surface area contributed by atoms with E-state index >= 15 is 0 Å². The highest BCUT2D eigenvalue weighted by atomic mass is 16.5. The van der Waals surface area contributed by atoms with Crippen LogP contribution in [0, 0.1) is 0 Å². The highest BCUT2D eigenvalue weighted by Gasteiger charge is 2.16. The highest BCUT2D eigenvalue weighted by molar-refractivity contribution is 6.11. The first-order valence-electron chi connectivity index (χ1n) is 30.2. The van der Waals surface area contributed by atoms with E-state index in [9.17, 15) is 9.59 Å². The van der Waals surface area contributed by atoms with Crippen LogP contribution in [0.2, 0.25) is 0 Å². The van der Waals surface area contributed by atoms with Crippen LogP contribution in [0.3, 0.4) is 0 Å². The van der Waals surface area contributed by atoms with Gasteiger partial charge >= 0.3 is 11.9 Å². The van der Waals surface area contributed by atoms with Crippen LogP contribution in [-0.4, -0.2) is 38.4 Å². The quantitative estimate of drug-likeness (QED) is 0.0319. The summed E-state index contributed by atoms with van der Waals surface area (Å²) in [5.41, 5.74) is 0. The number of esters is 2. The molecular weight excluding hydrogens is 865 g/mol. The van der Waals surface area contributed by atoms with Crippen molar-refractivity contribution in [2.24, 2.45) is 0 Å². The predicted molar refractivity (Wildman–Crippen MR) is 300 cm³/mol. The molecule has 0 amide bonds. The Bertz CT molecular complexity index is 1510. The van der Waals surface area contributed by atoms with Gasteiger partial charge in [0, 0.05) is 34.4 Å². The molecule has 0 atom stereocenters. The first-order valence-corrected chi connectivity index (χ1v) is 30.2. The molecule has 0 aliphatic carbocycles. The number of rotatable bonds is 50. The Hall–Kier alpha value is -3.28. The summed E-state index contributed by atoms with van der Waals surface area (Å²) in [5.74, 6) is 2.00. The van der Waals surface area contributed by atoms with Crippen molar-refractivity contribution in [1.82, 2.24) is 0 Å². The largest absolute Gasteiger partial charge is 0.492 e. The molecule has 6 nitrogen and oxygen atoms in total. The molecule has 0 radical (unpaired) electrons. The predicted octanol–water partition coefficient (Wildman–Crippen LogP) is 20.3. The zero-order valence-electron chi connectivity index (χ0n) is 45.6. The van der Waals surface area contributed by atoms with E-state index in [0.717, 1.165) is 110 Å². The van der Waals surface area contributed by atoms with Crippen LogP contribution in [0.1, 0.15) is 284 Å². The van der Waals surface area contributed by atoms with E-state index in [4.69, 9.17) is 18.9 Å². The first kappa shape index (κ1) is 61.0. The van der Waals surface area contributed by atoms with Crippen LogP contribution < -0.4 is 9.47 Å². The molecule has 0 bridgehead atoms. The third-order valence-corrected chi connectivity index (χ3v) is 14.4. The third-order valence-electron chi connectivity index (χ3n) is 14.4. The Morgan fingerprint density at radius 2 is 0.500 bits per heavy atom. The SMILES string of the molecule is CCCCOC(=O)CCCCCCCCCCCCCCCCCCCCOc1c2ccccc2c(OCCCCCCCCCCCCCCCCCCCCC(=O)OCCCC)c2ccccc12. The van der Waals surface area contributed by atoms with Crippen LogP contribution in [0.25, 0.3) is 21.5 Å². The molecule has 0 aliphatic rings. The minimum atomic E-state index is -0.00954. The molecule has 0 spiro atoms. The van der Waals surface area contributed by atoms with Gasteiger partial charge < -0.3 is 18.9 Å². The molecule has 0 unspecified atom stereocenters. The fraction of sp³-hybridized carbons (Fsp3) is 0.750. The van der Waals surface area contributed by atoms with E-state index in [1.54, 1.807) is 0 Å². The maximum Gasteiger partial charge on any atom is 0.305 e. The summed E-state index contributed by atoms with van der Waals surface area (Å²) in [5, 5.41) is 4.65. The fourth-order valence-electron chi connectivity index (χ4n) is 9.91. The lowest BCUT2D eigenvalue weighted by Gasteiger charge is -2.18. The number of unbranched alkanes of at least 4 members (excludes halogenated alkanes) is 36. The maximum absolute atomic E-state index is 11.7. The van der Waals surface area contributed by atoms with Gasteiger partial charge in [0.1, 0.15) is 11.5 Å². The van der Waals surface area contributed by atoms with Crippen LogP contribution in [0.5, 0.6) is 11.5 Å². The van der Waals surface area contributed by atoms with Gasteiger partial charge in [-0.15, -0.1) is 0 Å². The van der Waals surface area contributed by atoms with E-state index < -0.39 is 0 Å². The average Bonchev–Trinajstić information content (AvgIpc) is 3.37. The van der Waals surface area contributed by atoms with Gasteiger partial charge in [-0.2, -0.15) is 0 Å². The second kappa shape index (κ2) is 44.4. The third kappa shape index (κ3) is 30.6. The van der Waals surface area contributed by atoms with E-state index in [2.05, 4.69) is 62.4 Å². The van der Waals surface area contributed by atoms with Crippen molar-refractivity contribution in [2.75, 3.05) is 26.4 Å². The number of benzene rings is 3. The zero-order valence-corrected chi connectivity index (χ0v) is 45.6. The Kier molecular flexibility index (Phi) is 38.7. The number of carbonyl (C=O) groups is 2. The zero-order chi connectivity index (χ0) is 49.6. The molecule has 0 aromatic heterocycles. The summed E-state index contributed by atoms with van der Waals surface area (Å²) in [6.07, 6.45) is 52.3. The Morgan fingerprint density at radius 1 is 0.286 bits per heavy atom. The van der Waals surface area contributed by atoms with Crippen molar-refractivity contribution in [3.8, 4) is 11.5 Å². The van der Waals surface area contributed by atoms with Gasteiger partial charge in [0.2, 0.25) is 0 Å². The molecule has 3 aromatic rings. The van der Waals surface area contributed by atoms with E-state index in [1.807, 2.05) is 0 Å². The summed E-state index contributed by atoms with van der Waals surface area (Å²) in [6.45, 7) is 6.94. The van der Waals surface area contributed by atoms with Gasteiger partial charge in [-0.05, 0) is 38.5 Å². The summed E-state index contributed by atoms with van der Waals surface area (Å²) in [6, 6.07) is 17.3. The number of ether oxygens (including phenoxy) is 4. The maximum atomic E-state index is 11.7. The minimum absolute atomic E-state index is 0.00954. The van der Waals surface area contributed by atoms with Gasteiger partial charge in [-0.3, -0.25) is 9.59 Å². The van der Waals surface area contributed by atoms with Crippen molar-refractivity contribution in [3.05, 3.63) is 48.5 Å². The number of carbonyl (C=O) groups excluding carboxylic acids is 2. The molecule has 0 saturated carbocycles. The summed E-state index contributed by atoms with van der Waals surface area (Å²) in [4.78, 5) is 23.4. The molecule has 0 saturated heterocycles. The molecule has 6 heteroatoms. The molecule has 398 valence electrons. The lowest BCUT2D eigenvalue weighted by atomic mass is 10.0. The average molecular weight is 972 g/mol. The van der Waals surface area contributed by atoms with Crippen LogP contribution in [0.4, 0.5) is 0 Å². The minimum Gasteiger partial charge on any atom is -0.492 e. The molecule has 0 heterocycles. The molecule has 70 heavy (non-hydrogen) atoms. The first-order chi connectivity index (χ1) is 34.7. The number of hydrogen-bond donors (Lipinski definition) is 0. The standard InChI is InChI=1S/C64H106O6/c1-3-5-53-67-61(65)51-39-35-31-27-23-19-15-11-7-9-13-17-21-25-29-33-37-45-55-69-63-57-47-41-43-49-59(57)64(60-50-44-42-48-58(60)63)70-56-46-38-34-30-26-22-18-14-10-8-12-16-20-24-28-32-36-40-52-62(66)68-54-6-4-2/h41-44,47-50H,3-40,45-46,51-56H2,1-2H3. The van der Waals surface area contributed by atoms with Crippen molar-refractivity contribution in [2.45, 2.75) is 284 Å². The summed E-state index contributed by atoms with van der Waals surface area (Å²) < 4.78 is 23.7. The van der Waals surface area contributed by atoms with Crippen molar-refractivity contribution >= 4 is 33.5 Å². The Morgan fingerprint density at radius 3 is 0.729 bits per heavy atom. The van der Waals surface area contributed by atoms with Gasteiger partial charge in [-0.1, -0.05) is 281 Å². The lowest BCUT2D eigenvalue weighted by Crippen LogP contribution is -2.05. The molecule has 3 aromatic carbocycles. The molecule has 0 fully saturated rings. The highest BCUT2D eigenvalue weighted by Crippen LogP contribution is 2.43. The Labute approximate surface area is 430 Å². The summed E-state index contributed by atoms with van der Waals surface area (Å²) in [7, 11) is 0. The van der Waals surface area contributed by atoms with Crippen LogP contribution in [-0.2, 0) is 19.1 Å². The lowest BCUT2D eigenvalue weighted by molar-refractivity contribution is -0.144. The van der Waals surface area contributed by atoms with Gasteiger partial charge in [0.05, 0.1) is 26.4 Å². The number of hydrogen-bond acceptors (Lipinski definition) is 6. The van der Waals surface area contributed by atoms with E-state index in [0.29, 0.717) is 26.1 Å². The monoisotopic (exact) mass is 971 g/mol. The molecule has 3 rings (SSSR count). The van der Waals surface area contributed by atoms with E-state index in [1.165, 1.54) is 193 Å². The molecule has 0 aliphatic heterocycles. The van der Waals surface area contributed by atoms with Crippen LogP contribution in [0.15, 0.2) is 48.5 Å². The normalized spacial score (nSPS) is 11.5. The van der Waals surface area contributed by atoms with Crippen LogP contribution >= 0.6 is 0 Å². The van der Waals surface area contributed by atoms with Crippen molar-refractivity contribution in [3.63, 3.8) is 0 Å².